The number of cyclic esters (lactones) is 1. The second kappa shape index (κ2) is 6.04. The van der Waals surface area contributed by atoms with Crippen LogP contribution in [0.3, 0.4) is 0 Å². The Morgan fingerprint density at radius 3 is 2.52 bits per heavy atom. The summed E-state index contributed by atoms with van der Waals surface area (Å²) in [7, 11) is 0. The number of piperidine rings is 1. The zero-order valence-electron chi connectivity index (χ0n) is 15.0. The van der Waals surface area contributed by atoms with Crippen molar-refractivity contribution < 1.29 is 14.3 Å². The molecule has 1 aliphatic carbocycles. The molecule has 2 saturated heterocycles. The molecule has 1 aromatic carbocycles. The van der Waals surface area contributed by atoms with Crippen LogP contribution in [0.5, 0.6) is 0 Å². The van der Waals surface area contributed by atoms with Gasteiger partial charge in [-0.15, -0.1) is 0 Å². The van der Waals surface area contributed by atoms with E-state index >= 15 is 0 Å². The second-order valence-corrected chi connectivity index (χ2v) is 8.03. The largest absolute Gasteiger partial charge is 0.447 e. The van der Waals surface area contributed by atoms with Gasteiger partial charge in [0, 0.05) is 19.0 Å². The summed E-state index contributed by atoms with van der Waals surface area (Å²) in [5.41, 5.74) is 3.81. The number of rotatable bonds is 2. The SMILES string of the molecule is Cc1ccc(C2CCN(C(=O)C3CC4(COC(=O)N4)C3)CC2)cc1C. The summed E-state index contributed by atoms with van der Waals surface area (Å²) < 4.78 is 4.99. The van der Waals surface area contributed by atoms with Crippen molar-refractivity contribution in [3.8, 4) is 0 Å². The number of alkyl carbamates (subject to hydrolysis) is 1. The van der Waals surface area contributed by atoms with E-state index in [1.807, 2.05) is 4.90 Å². The third kappa shape index (κ3) is 3.00. The van der Waals surface area contributed by atoms with Crippen molar-refractivity contribution >= 4 is 12.0 Å². The molecule has 3 aliphatic rings. The summed E-state index contributed by atoms with van der Waals surface area (Å²) in [6.07, 6.45) is 3.15. The predicted octanol–water partition coefficient (Wildman–Crippen LogP) is 2.90. The zero-order valence-corrected chi connectivity index (χ0v) is 15.0. The smallest absolute Gasteiger partial charge is 0.407 e. The molecule has 1 aromatic rings. The number of carbonyl (C=O) groups is 2. The molecule has 1 spiro atoms. The third-order valence-electron chi connectivity index (χ3n) is 6.28. The fourth-order valence-corrected chi connectivity index (χ4v) is 4.48. The molecule has 2 heterocycles. The summed E-state index contributed by atoms with van der Waals surface area (Å²) in [5, 5.41) is 2.86. The lowest BCUT2D eigenvalue weighted by Crippen LogP contribution is -2.58. The van der Waals surface area contributed by atoms with Gasteiger partial charge in [-0.05, 0) is 62.1 Å². The van der Waals surface area contributed by atoms with Gasteiger partial charge < -0.3 is 15.0 Å². The highest BCUT2D eigenvalue weighted by molar-refractivity contribution is 5.81. The van der Waals surface area contributed by atoms with Crippen LogP contribution in [0.2, 0.25) is 0 Å². The summed E-state index contributed by atoms with van der Waals surface area (Å²) in [6.45, 7) is 6.38. The van der Waals surface area contributed by atoms with E-state index in [4.69, 9.17) is 4.74 Å². The third-order valence-corrected chi connectivity index (χ3v) is 6.28. The highest BCUT2D eigenvalue weighted by atomic mass is 16.6. The monoisotopic (exact) mass is 342 g/mol. The Hall–Kier alpha value is -2.04. The summed E-state index contributed by atoms with van der Waals surface area (Å²) in [6, 6.07) is 6.74. The molecular weight excluding hydrogens is 316 g/mol. The summed E-state index contributed by atoms with van der Waals surface area (Å²) in [4.78, 5) is 26.0. The predicted molar refractivity (Wildman–Crippen MR) is 94.4 cm³/mol. The van der Waals surface area contributed by atoms with Gasteiger partial charge in [0.15, 0.2) is 0 Å². The summed E-state index contributed by atoms with van der Waals surface area (Å²) >= 11 is 0. The molecular formula is C20H26N2O3. The summed E-state index contributed by atoms with van der Waals surface area (Å²) in [5.74, 6) is 0.851. The zero-order chi connectivity index (χ0) is 17.6. The fourth-order valence-electron chi connectivity index (χ4n) is 4.48. The molecule has 0 aromatic heterocycles. The molecule has 0 unspecified atom stereocenters. The molecule has 2 amide bonds. The first kappa shape index (κ1) is 16.4. The molecule has 134 valence electrons. The minimum atomic E-state index is -0.347. The van der Waals surface area contributed by atoms with E-state index < -0.39 is 0 Å². The van der Waals surface area contributed by atoms with Crippen molar-refractivity contribution in [2.75, 3.05) is 19.7 Å². The van der Waals surface area contributed by atoms with Crippen LogP contribution in [0.1, 0.15) is 48.3 Å². The number of hydrogen-bond donors (Lipinski definition) is 1. The van der Waals surface area contributed by atoms with Crippen molar-refractivity contribution in [1.29, 1.82) is 0 Å². The molecule has 0 atom stereocenters. The molecule has 25 heavy (non-hydrogen) atoms. The average Bonchev–Trinajstić information content (AvgIpc) is 2.98. The van der Waals surface area contributed by atoms with Gasteiger partial charge in [-0.1, -0.05) is 18.2 Å². The number of hydrogen-bond acceptors (Lipinski definition) is 3. The van der Waals surface area contributed by atoms with E-state index in [2.05, 4.69) is 37.4 Å². The van der Waals surface area contributed by atoms with Crippen LogP contribution in [-0.4, -0.2) is 42.1 Å². The molecule has 4 rings (SSSR count). The van der Waals surface area contributed by atoms with Crippen molar-refractivity contribution in [3.63, 3.8) is 0 Å². The first-order valence-corrected chi connectivity index (χ1v) is 9.27. The van der Waals surface area contributed by atoms with Gasteiger partial charge in [-0.2, -0.15) is 0 Å². The standard InChI is InChI=1S/C20H26N2O3/c1-13-3-4-16(9-14(13)2)15-5-7-22(8-6-15)18(23)17-10-20(11-17)12-25-19(24)21-20/h3-4,9,15,17H,5-8,10-12H2,1-2H3,(H,21,24). The van der Waals surface area contributed by atoms with Crippen LogP contribution in [0.4, 0.5) is 4.79 Å². The van der Waals surface area contributed by atoms with Crippen LogP contribution in [-0.2, 0) is 9.53 Å². The molecule has 1 N–H and O–H groups in total. The Balaban J connectivity index is 1.31. The lowest BCUT2D eigenvalue weighted by molar-refractivity contribution is -0.142. The number of carbonyl (C=O) groups excluding carboxylic acids is 2. The van der Waals surface area contributed by atoms with Crippen molar-refractivity contribution in [1.82, 2.24) is 10.2 Å². The molecule has 0 radical (unpaired) electrons. The van der Waals surface area contributed by atoms with Gasteiger partial charge >= 0.3 is 6.09 Å². The number of likely N-dealkylation sites (tertiary alicyclic amines) is 1. The Labute approximate surface area is 148 Å². The van der Waals surface area contributed by atoms with Crippen molar-refractivity contribution in [2.24, 2.45) is 5.92 Å². The molecule has 0 bridgehead atoms. The maximum atomic E-state index is 12.7. The van der Waals surface area contributed by atoms with Gasteiger partial charge in [-0.25, -0.2) is 4.79 Å². The van der Waals surface area contributed by atoms with Crippen LogP contribution in [0, 0.1) is 19.8 Å². The number of ether oxygens (including phenoxy) is 1. The minimum absolute atomic E-state index is 0.0418. The van der Waals surface area contributed by atoms with E-state index in [0.717, 1.165) is 25.9 Å². The first-order chi connectivity index (χ1) is 12.0. The van der Waals surface area contributed by atoms with E-state index in [-0.39, 0.29) is 23.5 Å². The van der Waals surface area contributed by atoms with Crippen molar-refractivity contribution in [3.05, 3.63) is 34.9 Å². The fraction of sp³-hybridized carbons (Fsp3) is 0.600. The van der Waals surface area contributed by atoms with Gasteiger partial charge in [0.05, 0.1) is 5.54 Å². The van der Waals surface area contributed by atoms with Crippen LogP contribution in [0.25, 0.3) is 0 Å². The topological polar surface area (TPSA) is 58.6 Å². The maximum Gasteiger partial charge on any atom is 0.407 e. The normalized spacial score (nSPS) is 29.3. The minimum Gasteiger partial charge on any atom is -0.447 e. The van der Waals surface area contributed by atoms with Crippen molar-refractivity contribution in [2.45, 2.75) is 51.0 Å². The molecule has 5 nitrogen and oxygen atoms in total. The maximum absolute atomic E-state index is 12.7. The van der Waals surface area contributed by atoms with E-state index in [0.29, 0.717) is 25.4 Å². The molecule has 2 aliphatic heterocycles. The Bertz CT molecular complexity index is 701. The lowest BCUT2D eigenvalue weighted by Gasteiger charge is -2.45. The first-order valence-electron chi connectivity index (χ1n) is 9.27. The van der Waals surface area contributed by atoms with Gasteiger partial charge in [-0.3, -0.25) is 4.79 Å². The van der Waals surface area contributed by atoms with Crippen LogP contribution < -0.4 is 5.32 Å². The quantitative estimate of drug-likeness (QED) is 0.899. The second-order valence-electron chi connectivity index (χ2n) is 8.03. The Morgan fingerprint density at radius 2 is 1.92 bits per heavy atom. The number of nitrogens with zero attached hydrogens (tertiary/aromatic N) is 1. The molecule has 3 fully saturated rings. The number of aryl methyl sites for hydroxylation is 2. The van der Waals surface area contributed by atoms with E-state index in [9.17, 15) is 9.59 Å². The number of benzene rings is 1. The van der Waals surface area contributed by atoms with E-state index in [1.54, 1.807) is 0 Å². The number of nitrogens with one attached hydrogen (secondary N) is 1. The van der Waals surface area contributed by atoms with Gasteiger partial charge in [0.1, 0.15) is 6.61 Å². The van der Waals surface area contributed by atoms with E-state index in [1.165, 1.54) is 16.7 Å². The molecule has 1 saturated carbocycles. The van der Waals surface area contributed by atoms with Crippen LogP contribution >= 0.6 is 0 Å². The Kier molecular flexibility index (Phi) is 3.97. The van der Waals surface area contributed by atoms with Gasteiger partial charge in [0.2, 0.25) is 5.91 Å². The highest BCUT2D eigenvalue weighted by Gasteiger charge is 2.53. The number of amides is 2. The van der Waals surface area contributed by atoms with Gasteiger partial charge in [0.25, 0.3) is 0 Å². The highest BCUT2D eigenvalue weighted by Crippen LogP contribution is 2.42. The molecule has 5 heteroatoms. The Morgan fingerprint density at radius 1 is 1.20 bits per heavy atom. The lowest BCUT2D eigenvalue weighted by atomic mass is 9.68. The average molecular weight is 342 g/mol. The van der Waals surface area contributed by atoms with Crippen LogP contribution in [0.15, 0.2) is 18.2 Å².